The van der Waals surface area contributed by atoms with Crippen molar-refractivity contribution in [2.75, 3.05) is 74.3 Å². The van der Waals surface area contributed by atoms with Crippen molar-refractivity contribution in [2.24, 2.45) is 23.7 Å². The number of methoxy groups -OCH3 is 2. The van der Waals surface area contributed by atoms with E-state index in [0.29, 0.717) is 178 Å². The van der Waals surface area contributed by atoms with E-state index in [1.807, 2.05) is 57.2 Å². The Morgan fingerprint density at radius 3 is 0.919 bits per heavy atom. The Morgan fingerprint density at radius 2 is 0.625 bits per heavy atom. The van der Waals surface area contributed by atoms with Crippen LogP contribution in [0.2, 0.25) is 0 Å². The second-order valence-corrected chi connectivity index (χ2v) is 36.3. The molecule has 0 atom stereocenters. The van der Waals surface area contributed by atoms with Gasteiger partial charge in [-0.2, -0.15) is 13.2 Å². The van der Waals surface area contributed by atoms with E-state index in [0.717, 1.165) is 170 Å². The minimum Gasteiger partial charge on any atom is -0.496 e. The molecule has 0 bridgehead atoms. The third kappa shape index (κ3) is 24.4. The second-order valence-electron chi connectivity index (χ2n) is 36.3. The molecule has 4 aromatic carbocycles. The van der Waals surface area contributed by atoms with Crippen molar-refractivity contribution in [1.29, 1.82) is 0 Å². The van der Waals surface area contributed by atoms with E-state index >= 15 is 0 Å². The van der Waals surface area contributed by atoms with Crippen molar-refractivity contribution >= 4 is 96.1 Å². The molecule has 4 aliphatic carbocycles. The molecular formula is C109H123F4N13O10. The van der Waals surface area contributed by atoms with Gasteiger partial charge in [0.15, 0.2) is 23.1 Å². The first kappa shape index (κ1) is 100. The molecule has 0 saturated heterocycles. The molecule has 712 valence electrons. The largest absolute Gasteiger partial charge is 0.496 e. The zero-order valence-corrected chi connectivity index (χ0v) is 80.3. The van der Waals surface area contributed by atoms with Crippen molar-refractivity contribution in [3.05, 3.63) is 220 Å². The topological polar surface area (TPSA) is 297 Å². The standard InChI is InChI=1S/C28H30F3N3O2.C28H33N3O3.C27H30FN3O2.C26H30N4O3/c1-4-6-11-34(3)27(36)24-10-9-18(15-32-24)20-13-21-19(5-2)22(26(35)12-17-7-8-17)16-33-25(21)14-23(20)28(29,30)31;1-5-7-12-31(3)28(33)24-11-10-19(16-29-24)21-14-22-20(6-2)23(26(32)13-18-8-9-18)17-30-25(22)15-27(21)34-4;1-4-6-11-31(3)27(33)24-10-9-18(15-29-24)20-13-21-19(5-2)22(26(32)12-17-7-8-17)16-30-25(21)14-23(20)28;1-4-5-10-30(2)26(32)21-9-8-17(14-28-21)18-12-19-22(13-24(18)33-3)29-15-20(25(19)27)23(31)11-16-6-7-16/h9-10,13-17H,4-8,11-12H2,1-3H3;10-11,14-18H,5-9,12-13H2,1-4H3;9-10,13-17H,4-8,11-12H2,1-3H3;8-9,12-16H,4-7,10-11H2,1-3H3,(H2,27,29). The van der Waals surface area contributed by atoms with Gasteiger partial charge in [0.25, 0.3) is 23.6 Å². The predicted octanol–water partition coefficient (Wildman–Crippen LogP) is 23.1. The number of anilines is 1. The van der Waals surface area contributed by atoms with Crippen molar-refractivity contribution in [1.82, 2.24) is 59.5 Å². The Bertz CT molecular complexity index is 6400. The number of nitrogens with two attached hydrogens (primary N) is 1. The first-order valence-electron chi connectivity index (χ1n) is 47.8. The van der Waals surface area contributed by atoms with E-state index < -0.39 is 17.6 Å². The highest BCUT2D eigenvalue weighted by atomic mass is 19.4. The van der Waals surface area contributed by atoms with Crippen LogP contribution in [0.1, 0.15) is 283 Å². The Labute approximate surface area is 792 Å². The Hall–Kier alpha value is -13.2. The Morgan fingerprint density at radius 1 is 0.353 bits per heavy atom. The van der Waals surface area contributed by atoms with Crippen molar-refractivity contribution in [3.63, 3.8) is 0 Å². The van der Waals surface area contributed by atoms with Crippen LogP contribution in [0.4, 0.5) is 23.2 Å². The number of nitrogen functional groups attached to an aromatic ring is 1. The number of ether oxygens (including phenoxy) is 2. The van der Waals surface area contributed by atoms with Gasteiger partial charge in [0, 0.05) is 225 Å². The number of amides is 4. The first-order chi connectivity index (χ1) is 65.4. The van der Waals surface area contributed by atoms with Crippen LogP contribution in [0.25, 0.3) is 88.1 Å². The molecule has 0 aliphatic heterocycles. The van der Waals surface area contributed by atoms with Gasteiger partial charge in [-0.05, 0) is 197 Å². The highest BCUT2D eigenvalue weighted by Gasteiger charge is 2.37. The zero-order valence-electron chi connectivity index (χ0n) is 80.3. The zero-order chi connectivity index (χ0) is 97.3. The molecule has 8 aromatic heterocycles. The number of carbonyl (C=O) groups excluding carboxylic acids is 8. The lowest BCUT2D eigenvalue weighted by atomic mass is 9.92. The van der Waals surface area contributed by atoms with Crippen LogP contribution >= 0.6 is 0 Å². The van der Waals surface area contributed by atoms with Crippen LogP contribution in [0.15, 0.2) is 147 Å². The summed E-state index contributed by atoms with van der Waals surface area (Å²) in [6.07, 6.45) is 28.4. The number of aryl methyl sites for hydroxylation is 3. The van der Waals surface area contributed by atoms with Crippen LogP contribution in [0, 0.1) is 29.5 Å². The SMILES string of the molecule is CCCCN(C)C(=O)c1ccc(-c2cc3c(CC)c(C(=O)CC4CC4)cnc3cc2C(F)(F)F)cn1.CCCCN(C)C(=O)c1ccc(-c2cc3c(CC)c(C(=O)CC4CC4)cnc3cc2F)cn1.CCCCN(C)C(=O)c1ccc(-c2cc3c(CC)c(C(=O)CC4CC4)cnc3cc2OC)cn1.CCCCN(C)C(=O)c1ccc(-c2cc3c(N)c(C(=O)CC4CC4)cnc3cc2OC)cn1. The predicted molar refractivity (Wildman–Crippen MR) is 525 cm³/mol. The molecule has 12 aromatic rings. The number of unbranched alkanes of at least 4 members (excludes halogenated alkanes) is 4. The van der Waals surface area contributed by atoms with Gasteiger partial charge in [-0.25, -0.2) is 4.39 Å². The third-order valence-electron chi connectivity index (χ3n) is 25.9. The summed E-state index contributed by atoms with van der Waals surface area (Å²) in [5, 5.41) is 2.97. The maximum absolute atomic E-state index is 15.0. The number of rotatable bonds is 37. The number of benzene rings is 4. The molecule has 0 unspecified atom stereocenters. The number of carbonyl (C=O) groups is 8. The third-order valence-corrected chi connectivity index (χ3v) is 25.9. The lowest BCUT2D eigenvalue weighted by Crippen LogP contribution is -2.28. The summed E-state index contributed by atoms with van der Waals surface area (Å²) >= 11 is 0. The summed E-state index contributed by atoms with van der Waals surface area (Å²) in [5.74, 6) is 2.52. The van der Waals surface area contributed by atoms with Gasteiger partial charge < -0.3 is 34.8 Å². The molecule has 136 heavy (non-hydrogen) atoms. The van der Waals surface area contributed by atoms with E-state index in [-0.39, 0.29) is 69.1 Å². The van der Waals surface area contributed by atoms with Crippen LogP contribution in [-0.2, 0) is 25.4 Å². The molecule has 4 amide bonds. The van der Waals surface area contributed by atoms with Crippen LogP contribution < -0.4 is 15.2 Å². The van der Waals surface area contributed by atoms with Crippen molar-refractivity contribution in [2.45, 2.75) is 202 Å². The van der Waals surface area contributed by atoms with Gasteiger partial charge >= 0.3 is 6.18 Å². The second kappa shape index (κ2) is 45.4. The summed E-state index contributed by atoms with van der Waals surface area (Å²) in [5.41, 5.74) is 19.0. The number of hydrogen-bond acceptors (Lipinski definition) is 19. The molecule has 4 aliphatic rings. The van der Waals surface area contributed by atoms with E-state index in [4.69, 9.17) is 15.2 Å². The molecule has 0 radical (unpaired) electrons. The van der Waals surface area contributed by atoms with Crippen LogP contribution in [0.3, 0.4) is 0 Å². The van der Waals surface area contributed by atoms with Crippen LogP contribution in [-0.4, -0.2) is 175 Å². The molecule has 16 rings (SSSR count). The molecule has 8 heterocycles. The molecule has 27 heteroatoms. The van der Waals surface area contributed by atoms with Gasteiger partial charge in [0.05, 0.1) is 53.1 Å². The molecule has 23 nitrogen and oxygen atoms in total. The van der Waals surface area contributed by atoms with Gasteiger partial charge in [-0.1, -0.05) is 98.4 Å². The Balaban J connectivity index is 0.000000153. The number of aromatic nitrogens is 8. The highest BCUT2D eigenvalue weighted by Crippen LogP contribution is 2.45. The lowest BCUT2D eigenvalue weighted by molar-refractivity contribution is -0.137. The van der Waals surface area contributed by atoms with Gasteiger partial charge in [0.2, 0.25) is 0 Å². The van der Waals surface area contributed by atoms with E-state index in [1.165, 1.54) is 42.9 Å². The van der Waals surface area contributed by atoms with Gasteiger partial charge in [-0.3, -0.25) is 78.2 Å². The molecule has 0 spiro atoms. The number of ketones is 4. The number of pyridine rings is 8. The summed E-state index contributed by atoms with van der Waals surface area (Å²) in [6.45, 7) is 16.9. The quantitative estimate of drug-likeness (QED) is 0.0279. The average Bonchev–Trinajstić information content (AvgIpc) is 1.56. The fourth-order valence-electron chi connectivity index (χ4n) is 16.9. The molecule has 4 saturated carbocycles. The number of Topliss-reactive ketones (excluding diaryl/α,β-unsaturated/α-hetero) is 4. The maximum Gasteiger partial charge on any atom is 0.417 e. The monoisotopic (exact) mass is 1850 g/mol. The number of alkyl halides is 3. The number of hydrogen-bond donors (Lipinski definition) is 1. The number of nitrogens with zero attached hydrogens (tertiary/aromatic N) is 12. The summed E-state index contributed by atoms with van der Waals surface area (Å²) < 4.78 is 68.5. The smallest absolute Gasteiger partial charge is 0.417 e. The van der Waals surface area contributed by atoms with Crippen molar-refractivity contribution in [3.8, 4) is 56.0 Å². The summed E-state index contributed by atoms with van der Waals surface area (Å²) in [4.78, 5) is 143. The summed E-state index contributed by atoms with van der Waals surface area (Å²) in [6, 6.07) is 26.9. The first-order valence-corrected chi connectivity index (χ1v) is 47.8. The molecule has 4 fully saturated rings. The van der Waals surface area contributed by atoms with E-state index in [1.54, 1.807) is 123 Å². The Kier molecular flexibility index (Phi) is 33.5. The molecular weight excluding hydrogens is 1730 g/mol. The fourth-order valence-corrected chi connectivity index (χ4v) is 16.9. The van der Waals surface area contributed by atoms with Crippen LogP contribution in [0.5, 0.6) is 11.5 Å². The van der Waals surface area contributed by atoms with E-state index in [2.05, 4.69) is 67.6 Å². The highest BCUT2D eigenvalue weighted by molar-refractivity contribution is 6.10. The normalized spacial score (nSPS) is 13.4. The lowest BCUT2D eigenvalue weighted by Gasteiger charge is -2.18. The fraction of sp³-hybridized carbons (Fsp3) is 0.413. The number of fused-ring (bicyclic) bond motifs is 4. The van der Waals surface area contributed by atoms with Gasteiger partial charge in [0.1, 0.15) is 40.1 Å². The minimum absolute atomic E-state index is 0.0121. The maximum atomic E-state index is 15.0. The van der Waals surface area contributed by atoms with E-state index in [9.17, 15) is 55.9 Å². The van der Waals surface area contributed by atoms with Crippen molar-refractivity contribution < 1.29 is 65.4 Å². The molecule has 2 N–H and O–H groups in total. The average molecular weight is 1850 g/mol. The minimum atomic E-state index is -4.62. The number of halogens is 4. The van der Waals surface area contributed by atoms with Gasteiger partial charge in [-0.15, -0.1) is 0 Å². The summed E-state index contributed by atoms with van der Waals surface area (Å²) in [7, 11) is 10.3.